The van der Waals surface area contributed by atoms with Gasteiger partial charge >= 0.3 is 0 Å². The van der Waals surface area contributed by atoms with Crippen LogP contribution in [0, 0.1) is 17.8 Å². The van der Waals surface area contributed by atoms with Gasteiger partial charge in [-0.1, -0.05) is 27.7 Å². The molecule has 1 N–H and O–H groups in total. The lowest BCUT2D eigenvalue weighted by Crippen LogP contribution is -2.34. The molecule has 0 aliphatic heterocycles. The van der Waals surface area contributed by atoms with E-state index in [1.807, 2.05) is 0 Å². The van der Waals surface area contributed by atoms with Gasteiger partial charge in [0.25, 0.3) is 0 Å². The highest BCUT2D eigenvalue weighted by molar-refractivity contribution is 5.78. The van der Waals surface area contributed by atoms with Gasteiger partial charge in [0.1, 0.15) is 0 Å². The minimum absolute atomic E-state index is 0.153. The zero-order valence-corrected chi connectivity index (χ0v) is 8.14. The first-order chi connectivity index (χ1) is 5.00. The van der Waals surface area contributed by atoms with Gasteiger partial charge in [0.15, 0.2) is 0 Å². The lowest BCUT2D eigenvalue weighted by molar-refractivity contribution is -0.127. The molecule has 0 atom stereocenters. The van der Waals surface area contributed by atoms with E-state index in [0.29, 0.717) is 11.8 Å². The van der Waals surface area contributed by atoms with Gasteiger partial charge in [0, 0.05) is 13.0 Å². The second-order valence-electron chi connectivity index (χ2n) is 3.63. The van der Waals surface area contributed by atoms with E-state index in [9.17, 15) is 4.79 Å². The molecule has 0 aromatic heterocycles. The molecular weight excluding hydrogens is 138 g/mol. The van der Waals surface area contributed by atoms with Gasteiger partial charge in [-0.15, -0.1) is 0 Å². The first-order valence-corrected chi connectivity index (χ1v) is 4.22. The molecule has 2 nitrogen and oxygen atoms in total. The molecule has 11 heavy (non-hydrogen) atoms. The summed E-state index contributed by atoms with van der Waals surface area (Å²) in [7, 11) is 1.69. The average molecular weight is 157 g/mol. The van der Waals surface area contributed by atoms with Crippen LogP contribution in [0.25, 0.3) is 0 Å². The van der Waals surface area contributed by atoms with E-state index in [1.165, 1.54) is 0 Å². The van der Waals surface area contributed by atoms with Crippen molar-refractivity contribution in [3.05, 3.63) is 0 Å². The van der Waals surface area contributed by atoms with Gasteiger partial charge in [0.2, 0.25) is 5.91 Å². The number of hydrogen-bond acceptors (Lipinski definition) is 1. The SMILES string of the molecule is CNC(=O)C(C(C)C)C(C)C. The summed E-state index contributed by atoms with van der Waals surface area (Å²) in [4.78, 5) is 11.3. The number of rotatable bonds is 3. The minimum Gasteiger partial charge on any atom is -0.359 e. The maximum atomic E-state index is 11.3. The number of carbonyl (C=O) groups is 1. The number of amides is 1. The van der Waals surface area contributed by atoms with E-state index in [0.717, 1.165) is 0 Å². The van der Waals surface area contributed by atoms with Crippen molar-refractivity contribution >= 4 is 5.91 Å². The average Bonchev–Trinajstić information content (AvgIpc) is 1.85. The fourth-order valence-corrected chi connectivity index (χ4v) is 1.54. The Labute approximate surface area is 69.4 Å². The molecule has 0 aliphatic carbocycles. The topological polar surface area (TPSA) is 29.1 Å². The predicted octanol–water partition coefficient (Wildman–Crippen LogP) is 1.66. The van der Waals surface area contributed by atoms with Gasteiger partial charge in [-0.2, -0.15) is 0 Å². The third kappa shape index (κ3) is 2.91. The fraction of sp³-hybridized carbons (Fsp3) is 0.889. The highest BCUT2D eigenvalue weighted by Gasteiger charge is 2.23. The number of hydrogen-bond donors (Lipinski definition) is 1. The van der Waals surface area contributed by atoms with Crippen LogP contribution < -0.4 is 5.32 Å². The van der Waals surface area contributed by atoms with Crippen LogP contribution in [-0.4, -0.2) is 13.0 Å². The van der Waals surface area contributed by atoms with Gasteiger partial charge in [-0.05, 0) is 11.8 Å². The maximum Gasteiger partial charge on any atom is 0.223 e. The van der Waals surface area contributed by atoms with E-state index >= 15 is 0 Å². The Balaban J connectivity index is 4.22. The van der Waals surface area contributed by atoms with Crippen LogP contribution in [0.1, 0.15) is 27.7 Å². The molecule has 0 heterocycles. The van der Waals surface area contributed by atoms with Crippen molar-refractivity contribution < 1.29 is 4.79 Å². The molecule has 0 unspecified atom stereocenters. The van der Waals surface area contributed by atoms with Crippen LogP contribution in [0.5, 0.6) is 0 Å². The molecule has 66 valence electrons. The first-order valence-electron chi connectivity index (χ1n) is 4.22. The van der Waals surface area contributed by atoms with Gasteiger partial charge in [0.05, 0.1) is 0 Å². The van der Waals surface area contributed by atoms with Crippen LogP contribution in [0.15, 0.2) is 0 Å². The lowest BCUT2D eigenvalue weighted by atomic mass is 9.85. The molecule has 0 saturated carbocycles. The Morgan fingerprint density at radius 2 is 1.45 bits per heavy atom. The molecular formula is C9H19NO. The summed E-state index contributed by atoms with van der Waals surface area (Å²) < 4.78 is 0. The molecule has 0 bridgehead atoms. The van der Waals surface area contributed by atoms with E-state index in [4.69, 9.17) is 0 Å². The molecule has 0 saturated heterocycles. The van der Waals surface area contributed by atoms with Crippen molar-refractivity contribution in [2.45, 2.75) is 27.7 Å². The van der Waals surface area contributed by atoms with E-state index in [1.54, 1.807) is 7.05 Å². The highest BCUT2D eigenvalue weighted by Crippen LogP contribution is 2.19. The van der Waals surface area contributed by atoms with Crippen molar-refractivity contribution in [2.24, 2.45) is 17.8 Å². The largest absolute Gasteiger partial charge is 0.359 e. The summed E-state index contributed by atoms with van der Waals surface area (Å²) in [6.07, 6.45) is 0. The summed E-state index contributed by atoms with van der Waals surface area (Å²) in [5.41, 5.74) is 0. The summed E-state index contributed by atoms with van der Waals surface area (Å²) in [6.45, 7) is 8.33. The molecule has 0 spiro atoms. The zero-order valence-electron chi connectivity index (χ0n) is 8.14. The molecule has 1 amide bonds. The van der Waals surface area contributed by atoms with Crippen LogP contribution in [-0.2, 0) is 4.79 Å². The Bertz CT molecular complexity index is 122. The normalized spacial score (nSPS) is 11.3. The molecule has 0 aliphatic rings. The van der Waals surface area contributed by atoms with Crippen molar-refractivity contribution in [2.75, 3.05) is 7.05 Å². The van der Waals surface area contributed by atoms with Crippen LogP contribution in [0.3, 0.4) is 0 Å². The molecule has 0 radical (unpaired) electrons. The zero-order chi connectivity index (χ0) is 9.02. The second kappa shape index (κ2) is 4.37. The van der Waals surface area contributed by atoms with Crippen LogP contribution in [0.2, 0.25) is 0 Å². The third-order valence-electron chi connectivity index (χ3n) is 1.99. The van der Waals surface area contributed by atoms with E-state index in [2.05, 4.69) is 33.0 Å². The minimum atomic E-state index is 0.153. The highest BCUT2D eigenvalue weighted by atomic mass is 16.1. The second-order valence-corrected chi connectivity index (χ2v) is 3.63. The Kier molecular flexibility index (Phi) is 4.16. The lowest BCUT2D eigenvalue weighted by Gasteiger charge is -2.22. The van der Waals surface area contributed by atoms with Gasteiger partial charge in [-0.25, -0.2) is 0 Å². The van der Waals surface area contributed by atoms with Gasteiger partial charge < -0.3 is 5.32 Å². The molecule has 0 aromatic rings. The number of carbonyl (C=O) groups excluding carboxylic acids is 1. The van der Waals surface area contributed by atoms with Crippen molar-refractivity contribution in [3.63, 3.8) is 0 Å². The summed E-state index contributed by atoms with van der Waals surface area (Å²) in [5.74, 6) is 1.17. The fourth-order valence-electron chi connectivity index (χ4n) is 1.54. The standard InChI is InChI=1S/C9H19NO/c1-6(2)8(7(3)4)9(11)10-5/h6-8H,1-5H3,(H,10,11). The summed E-state index contributed by atoms with van der Waals surface area (Å²) in [5, 5.41) is 2.69. The maximum absolute atomic E-state index is 11.3. The molecule has 2 heteroatoms. The van der Waals surface area contributed by atoms with Crippen LogP contribution >= 0.6 is 0 Å². The summed E-state index contributed by atoms with van der Waals surface area (Å²) in [6, 6.07) is 0. The quantitative estimate of drug-likeness (QED) is 0.663. The third-order valence-corrected chi connectivity index (χ3v) is 1.99. The molecule has 0 rings (SSSR count). The molecule has 0 fully saturated rings. The monoisotopic (exact) mass is 157 g/mol. The number of nitrogens with one attached hydrogen (secondary N) is 1. The smallest absolute Gasteiger partial charge is 0.223 e. The van der Waals surface area contributed by atoms with Crippen molar-refractivity contribution in [1.29, 1.82) is 0 Å². The van der Waals surface area contributed by atoms with Crippen molar-refractivity contribution in [1.82, 2.24) is 5.32 Å². The Morgan fingerprint density at radius 3 is 1.55 bits per heavy atom. The van der Waals surface area contributed by atoms with Gasteiger partial charge in [-0.3, -0.25) is 4.79 Å². The molecule has 0 aromatic carbocycles. The Hall–Kier alpha value is -0.530. The van der Waals surface area contributed by atoms with Crippen LogP contribution in [0.4, 0.5) is 0 Å². The summed E-state index contributed by atoms with van der Waals surface area (Å²) >= 11 is 0. The predicted molar refractivity (Wildman–Crippen MR) is 47.2 cm³/mol. The first kappa shape index (κ1) is 10.5. The van der Waals surface area contributed by atoms with Crippen molar-refractivity contribution in [3.8, 4) is 0 Å². The van der Waals surface area contributed by atoms with E-state index in [-0.39, 0.29) is 11.8 Å². The van der Waals surface area contributed by atoms with E-state index < -0.39 is 0 Å². The Morgan fingerprint density at radius 1 is 1.09 bits per heavy atom.